The normalized spacial score (nSPS) is 11.0. The van der Waals surface area contributed by atoms with E-state index in [2.05, 4.69) is 24.3 Å². The van der Waals surface area contributed by atoms with Crippen molar-refractivity contribution in [3.05, 3.63) is 64.1 Å². The molecule has 0 atom stereocenters. The molecule has 1 aromatic heterocycles. The highest BCUT2D eigenvalue weighted by atomic mass is 32.2. The molecule has 3 aromatic rings. The monoisotopic (exact) mass is 337 g/mol. The maximum Gasteiger partial charge on any atom is 0.258 e. The molecule has 0 bridgehead atoms. The van der Waals surface area contributed by atoms with E-state index in [1.54, 1.807) is 23.4 Å². The van der Waals surface area contributed by atoms with Gasteiger partial charge in [-0.25, -0.2) is 0 Å². The minimum Gasteiger partial charge on any atom is -0.314 e. The van der Waals surface area contributed by atoms with Gasteiger partial charge in [0.1, 0.15) is 6.29 Å². The van der Waals surface area contributed by atoms with Crippen LogP contribution in [0.4, 0.5) is 0 Å². The average molecular weight is 337 g/mol. The van der Waals surface area contributed by atoms with Crippen molar-refractivity contribution >= 4 is 28.8 Å². The van der Waals surface area contributed by atoms with E-state index in [1.165, 1.54) is 4.90 Å². The molecular formula is C20H19NO2S. The van der Waals surface area contributed by atoms with E-state index in [0.717, 1.165) is 34.1 Å². The fraction of sp³-hybridized carbons (Fsp3) is 0.200. The minimum absolute atomic E-state index is 0.0602. The maximum atomic E-state index is 12.7. The van der Waals surface area contributed by atoms with Gasteiger partial charge in [-0.1, -0.05) is 29.8 Å². The summed E-state index contributed by atoms with van der Waals surface area (Å²) in [6, 6.07) is 14.1. The predicted molar refractivity (Wildman–Crippen MR) is 101 cm³/mol. The van der Waals surface area contributed by atoms with Crippen LogP contribution in [-0.4, -0.2) is 17.1 Å². The lowest BCUT2D eigenvalue weighted by Crippen LogP contribution is -2.22. The van der Waals surface area contributed by atoms with E-state index in [-0.39, 0.29) is 12.0 Å². The summed E-state index contributed by atoms with van der Waals surface area (Å²) in [5.74, 6) is 0. The summed E-state index contributed by atoms with van der Waals surface area (Å²) in [4.78, 5) is 25.1. The number of hydrogen-bond acceptors (Lipinski definition) is 3. The van der Waals surface area contributed by atoms with E-state index in [1.807, 2.05) is 31.4 Å². The SMILES string of the molecule is CSc1ccc(-c2c(CC=O)n(C)c(=O)c3cc(C)ccc23)cc1. The Hall–Kier alpha value is -2.33. The van der Waals surface area contributed by atoms with Crippen LogP contribution in [0.15, 0.2) is 52.2 Å². The number of aldehydes is 1. The molecule has 0 saturated carbocycles. The third kappa shape index (κ3) is 2.78. The van der Waals surface area contributed by atoms with Gasteiger partial charge in [-0.05, 0) is 42.3 Å². The summed E-state index contributed by atoms with van der Waals surface area (Å²) in [5, 5.41) is 1.59. The van der Waals surface area contributed by atoms with Gasteiger partial charge in [0.05, 0.1) is 0 Å². The van der Waals surface area contributed by atoms with Gasteiger partial charge >= 0.3 is 0 Å². The molecule has 2 aromatic carbocycles. The van der Waals surface area contributed by atoms with Crippen LogP contribution >= 0.6 is 11.8 Å². The van der Waals surface area contributed by atoms with Crippen LogP contribution in [-0.2, 0) is 18.3 Å². The zero-order valence-corrected chi connectivity index (χ0v) is 14.8. The van der Waals surface area contributed by atoms with E-state index >= 15 is 0 Å². The van der Waals surface area contributed by atoms with Gasteiger partial charge in [-0.2, -0.15) is 0 Å². The number of carbonyl (C=O) groups is 1. The molecule has 24 heavy (non-hydrogen) atoms. The number of carbonyl (C=O) groups excluding carboxylic acids is 1. The first-order chi connectivity index (χ1) is 11.6. The molecule has 4 heteroatoms. The minimum atomic E-state index is -0.0602. The maximum absolute atomic E-state index is 12.7. The first-order valence-electron chi connectivity index (χ1n) is 7.77. The molecule has 0 aliphatic carbocycles. The lowest BCUT2D eigenvalue weighted by molar-refractivity contribution is -0.107. The Morgan fingerprint density at radius 2 is 1.79 bits per heavy atom. The van der Waals surface area contributed by atoms with Gasteiger partial charge in [-0.15, -0.1) is 11.8 Å². The zero-order chi connectivity index (χ0) is 17.3. The number of aryl methyl sites for hydroxylation is 1. The molecule has 0 spiro atoms. The number of pyridine rings is 1. The molecule has 3 nitrogen and oxygen atoms in total. The molecule has 0 aliphatic rings. The molecule has 0 N–H and O–H groups in total. The second-order valence-corrected chi connectivity index (χ2v) is 6.71. The Labute approximate surface area is 145 Å². The van der Waals surface area contributed by atoms with Crippen molar-refractivity contribution in [1.82, 2.24) is 4.57 Å². The largest absolute Gasteiger partial charge is 0.314 e. The van der Waals surface area contributed by atoms with Crippen LogP contribution in [0.2, 0.25) is 0 Å². The molecule has 122 valence electrons. The van der Waals surface area contributed by atoms with Crippen molar-refractivity contribution in [2.75, 3.05) is 6.26 Å². The van der Waals surface area contributed by atoms with Crippen LogP contribution in [0.25, 0.3) is 21.9 Å². The molecular weight excluding hydrogens is 318 g/mol. The third-order valence-electron chi connectivity index (χ3n) is 4.33. The van der Waals surface area contributed by atoms with Crippen LogP contribution in [0.5, 0.6) is 0 Å². The smallest absolute Gasteiger partial charge is 0.258 e. The van der Waals surface area contributed by atoms with Crippen LogP contribution < -0.4 is 5.56 Å². The standard InChI is InChI=1S/C20H19NO2S/c1-13-4-9-16-17(12-13)20(23)21(2)18(10-11-22)19(16)14-5-7-15(24-3)8-6-14/h4-9,11-12H,10H2,1-3H3. The topological polar surface area (TPSA) is 39.1 Å². The van der Waals surface area contributed by atoms with Crippen molar-refractivity contribution in [2.45, 2.75) is 18.2 Å². The third-order valence-corrected chi connectivity index (χ3v) is 5.07. The summed E-state index contributed by atoms with van der Waals surface area (Å²) in [6.45, 7) is 1.98. The van der Waals surface area contributed by atoms with E-state index in [9.17, 15) is 9.59 Å². The highest BCUT2D eigenvalue weighted by Gasteiger charge is 2.16. The van der Waals surface area contributed by atoms with Gasteiger partial charge in [-0.3, -0.25) is 4.79 Å². The Morgan fingerprint density at radius 1 is 1.08 bits per heavy atom. The second kappa shape index (κ2) is 6.65. The highest BCUT2D eigenvalue weighted by molar-refractivity contribution is 7.98. The molecule has 0 aliphatic heterocycles. The van der Waals surface area contributed by atoms with E-state index in [0.29, 0.717) is 5.39 Å². The summed E-state index contributed by atoms with van der Waals surface area (Å²) in [5.41, 5.74) is 3.73. The van der Waals surface area contributed by atoms with Crippen molar-refractivity contribution in [1.29, 1.82) is 0 Å². The van der Waals surface area contributed by atoms with Gasteiger partial charge in [0.2, 0.25) is 0 Å². The van der Waals surface area contributed by atoms with Crippen molar-refractivity contribution < 1.29 is 4.79 Å². The van der Waals surface area contributed by atoms with Crippen molar-refractivity contribution in [2.24, 2.45) is 7.05 Å². The number of fused-ring (bicyclic) bond motifs is 1. The van der Waals surface area contributed by atoms with Gasteiger partial charge in [0, 0.05) is 35.0 Å². The first-order valence-corrected chi connectivity index (χ1v) is 8.99. The molecule has 3 rings (SSSR count). The number of thioether (sulfide) groups is 1. The Kier molecular flexibility index (Phi) is 4.58. The molecule has 1 heterocycles. The van der Waals surface area contributed by atoms with Crippen LogP contribution in [0.3, 0.4) is 0 Å². The Balaban J connectivity index is 2.42. The number of hydrogen-bond donors (Lipinski definition) is 0. The second-order valence-electron chi connectivity index (χ2n) is 5.83. The summed E-state index contributed by atoms with van der Waals surface area (Å²) in [6.07, 6.45) is 3.11. The summed E-state index contributed by atoms with van der Waals surface area (Å²) in [7, 11) is 1.74. The van der Waals surface area contributed by atoms with Crippen LogP contribution in [0, 0.1) is 6.92 Å². The van der Waals surface area contributed by atoms with E-state index in [4.69, 9.17) is 0 Å². The molecule has 0 fully saturated rings. The quantitative estimate of drug-likeness (QED) is 0.534. The number of nitrogens with zero attached hydrogens (tertiary/aromatic N) is 1. The Bertz CT molecular complexity index is 972. The average Bonchev–Trinajstić information content (AvgIpc) is 2.60. The fourth-order valence-electron chi connectivity index (χ4n) is 3.08. The molecule has 0 radical (unpaired) electrons. The van der Waals surface area contributed by atoms with Crippen molar-refractivity contribution in [3.8, 4) is 11.1 Å². The van der Waals surface area contributed by atoms with Crippen molar-refractivity contribution in [3.63, 3.8) is 0 Å². The van der Waals surface area contributed by atoms with Crippen LogP contribution in [0.1, 0.15) is 11.3 Å². The predicted octanol–water partition coefficient (Wildman–Crippen LogP) is 3.98. The number of aromatic nitrogens is 1. The van der Waals surface area contributed by atoms with Gasteiger partial charge in [0.25, 0.3) is 5.56 Å². The number of benzene rings is 2. The summed E-state index contributed by atoms with van der Waals surface area (Å²) < 4.78 is 1.61. The lowest BCUT2D eigenvalue weighted by atomic mass is 9.95. The molecule has 0 amide bonds. The van der Waals surface area contributed by atoms with Gasteiger partial charge < -0.3 is 9.36 Å². The molecule has 0 unspecified atom stereocenters. The van der Waals surface area contributed by atoms with Gasteiger partial charge in [0.15, 0.2) is 0 Å². The lowest BCUT2D eigenvalue weighted by Gasteiger charge is -2.16. The summed E-state index contributed by atoms with van der Waals surface area (Å²) >= 11 is 1.69. The fourth-order valence-corrected chi connectivity index (χ4v) is 3.49. The number of rotatable bonds is 4. The zero-order valence-electron chi connectivity index (χ0n) is 14.0. The first kappa shape index (κ1) is 16.5. The Morgan fingerprint density at radius 3 is 2.42 bits per heavy atom. The highest BCUT2D eigenvalue weighted by Crippen LogP contribution is 2.32. The van der Waals surface area contributed by atoms with E-state index < -0.39 is 0 Å². The molecule has 0 saturated heterocycles.